The van der Waals surface area contributed by atoms with Crippen molar-refractivity contribution in [1.29, 1.82) is 0 Å². The van der Waals surface area contributed by atoms with Gasteiger partial charge < -0.3 is 10.2 Å². The average molecular weight is 275 g/mol. The van der Waals surface area contributed by atoms with Gasteiger partial charge in [-0.15, -0.1) is 0 Å². The minimum Gasteiger partial charge on any atom is -0.478 e. The summed E-state index contributed by atoms with van der Waals surface area (Å²) in [5.74, 6) is -2.56. The van der Waals surface area contributed by atoms with Gasteiger partial charge in [-0.25, -0.2) is 9.59 Å². The molecule has 0 saturated heterocycles. The van der Waals surface area contributed by atoms with E-state index >= 15 is 0 Å². The predicted molar refractivity (Wildman–Crippen MR) is 38.2 cm³/mol. The van der Waals surface area contributed by atoms with Crippen molar-refractivity contribution >= 4 is 11.9 Å². The Bertz CT molecular complexity index is 306. The van der Waals surface area contributed by atoms with Crippen LogP contribution in [0, 0.1) is 0 Å². The molecule has 0 aliphatic rings. The van der Waals surface area contributed by atoms with E-state index in [4.69, 9.17) is 10.2 Å². The van der Waals surface area contributed by atoms with Crippen LogP contribution in [0.15, 0.2) is 18.5 Å². The van der Waals surface area contributed by atoms with Crippen molar-refractivity contribution in [2.45, 2.75) is 0 Å². The summed E-state index contributed by atoms with van der Waals surface area (Å²) in [6.45, 7) is 0. The van der Waals surface area contributed by atoms with E-state index in [9.17, 15) is 9.59 Å². The molecule has 0 aliphatic carbocycles. The van der Waals surface area contributed by atoms with Gasteiger partial charge in [0, 0.05) is 34.8 Å². The fourth-order valence-corrected chi connectivity index (χ4v) is 0.751. The van der Waals surface area contributed by atoms with E-state index in [0.717, 1.165) is 12.3 Å². The van der Waals surface area contributed by atoms with Crippen LogP contribution in [0.1, 0.15) is 20.7 Å². The third-order valence-electron chi connectivity index (χ3n) is 1.28. The number of nitrogens with zero attached hydrogens (tertiary/aromatic N) is 1. The average Bonchev–Trinajstić information content (AvgIpc) is 2.04. The molecule has 6 heteroatoms. The topological polar surface area (TPSA) is 87.5 Å². The van der Waals surface area contributed by atoms with Gasteiger partial charge in [0.2, 0.25) is 0 Å². The molecule has 0 atom stereocenters. The summed E-state index contributed by atoms with van der Waals surface area (Å²) < 4.78 is 0. The molecule has 0 bridgehead atoms. The van der Waals surface area contributed by atoms with Crippen molar-refractivity contribution in [2.75, 3.05) is 0 Å². The van der Waals surface area contributed by atoms with Gasteiger partial charge in [0.15, 0.2) is 0 Å². The first-order valence-electron chi connectivity index (χ1n) is 3.03. The van der Waals surface area contributed by atoms with Gasteiger partial charge in [0.1, 0.15) is 0 Å². The van der Waals surface area contributed by atoms with Crippen molar-refractivity contribution in [1.82, 2.24) is 4.98 Å². The zero-order chi connectivity index (χ0) is 9.14. The predicted octanol–water partition coefficient (Wildman–Crippen LogP) is 0.475. The molecule has 13 heavy (non-hydrogen) atoms. The SMILES string of the molecule is O=C(O)c1ccncc1C(=O)O.[Ag]. The second kappa shape index (κ2) is 4.76. The Morgan fingerprint density at radius 3 is 2.08 bits per heavy atom. The molecule has 0 amide bonds. The Kier molecular flexibility index (Phi) is 4.33. The summed E-state index contributed by atoms with van der Waals surface area (Å²) in [5.41, 5.74) is -0.553. The van der Waals surface area contributed by atoms with Crippen molar-refractivity contribution in [3.63, 3.8) is 0 Å². The standard InChI is InChI=1S/C7H5NO4.Ag/c9-6(10)4-1-2-8-3-5(4)7(11)12;/h1-3H,(H,9,10)(H,11,12);. The first-order valence-corrected chi connectivity index (χ1v) is 3.03. The van der Waals surface area contributed by atoms with Crippen LogP contribution in [-0.4, -0.2) is 27.1 Å². The van der Waals surface area contributed by atoms with Gasteiger partial charge in [-0.2, -0.15) is 0 Å². The number of aromatic nitrogens is 1. The Morgan fingerprint density at radius 2 is 1.69 bits per heavy atom. The molecular formula is C7H5AgNO4. The first kappa shape index (κ1) is 11.8. The number of aromatic carboxylic acids is 2. The van der Waals surface area contributed by atoms with Crippen molar-refractivity contribution in [3.8, 4) is 0 Å². The molecule has 1 aromatic rings. The van der Waals surface area contributed by atoms with Crippen LogP contribution >= 0.6 is 0 Å². The molecule has 1 rings (SSSR count). The summed E-state index contributed by atoms with van der Waals surface area (Å²) in [5, 5.41) is 17.0. The van der Waals surface area contributed by atoms with E-state index in [1.165, 1.54) is 6.20 Å². The van der Waals surface area contributed by atoms with Crippen LogP contribution in [0.4, 0.5) is 0 Å². The summed E-state index contributed by atoms with van der Waals surface area (Å²) in [6.07, 6.45) is 2.24. The molecular weight excluding hydrogens is 270 g/mol. The van der Waals surface area contributed by atoms with E-state index in [0.29, 0.717) is 0 Å². The van der Waals surface area contributed by atoms with Crippen LogP contribution < -0.4 is 0 Å². The Hall–Kier alpha value is -1.17. The van der Waals surface area contributed by atoms with Gasteiger partial charge in [-0.1, -0.05) is 0 Å². The van der Waals surface area contributed by atoms with Crippen LogP contribution in [0.25, 0.3) is 0 Å². The van der Waals surface area contributed by atoms with Gasteiger partial charge in [0.05, 0.1) is 11.1 Å². The second-order valence-corrected chi connectivity index (χ2v) is 2.03. The molecule has 0 fully saturated rings. The molecule has 5 nitrogen and oxygen atoms in total. The molecule has 0 aliphatic heterocycles. The number of pyridine rings is 1. The molecule has 0 spiro atoms. The van der Waals surface area contributed by atoms with Gasteiger partial charge in [0.25, 0.3) is 0 Å². The number of hydrogen-bond acceptors (Lipinski definition) is 3. The Balaban J connectivity index is 0.00000144. The number of rotatable bonds is 2. The van der Waals surface area contributed by atoms with Gasteiger partial charge in [-0.3, -0.25) is 4.98 Å². The Labute approximate surface area is 88.9 Å². The number of carboxylic acids is 2. The van der Waals surface area contributed by atoms with Crippen LogP contribution in [-0.2, 0) is 22.4 Å². The molecule has 0 aromatic carbocycles. The minimum absolute atomic E-state index is 0. The summed E-state index contributed by atoms with van der Waals surface area (Å²) >= 11 is 0. The van der Waals surface area contributed by atoms with Crippen LogP contribution in [0.5, 0.6) is 0 Å². The van der Waals surface area contributed by atoms with Crippen molar-refractivity contribution in [3.05, 3.63) is 29.6 Å². The molecule has 1 radical (unpaired) electrons. The van der Waals surface area contributed by atoms with E-state index in [-0.39, 0.29) is 33.5 Å². The first-order chi connectivity index (χ1) is 5.63. The largest absolute Gasteiger partial charge is 0.478 e. The van der Waals surface area contributed by atoms with Crippen LogP contribution in [0.2, 0.25) is 0 Å². The second-order valence-electron chi connectivity index (χ2n) is 2.03. The monoisotopic (exact) mass is 274 g/mol. The fourth-order valence-electron chi connectivity index (χ4n) is 0.751. The molecule has 73 valence electrons. The maximum Gasteiger partial charge on any atom is 0.338 e. The molecule has 2 N–H and O–H groups in total. The summed E-state index contributed by atoms with van der Waals surface area (Å²) in [6, 6.07) is 1.14. The molecule has 0 saturated carbocycles. The number of hydrogen-bond donors (Lipinski definition) is 2. The van der Waals surface area contributed by atoms with E-state index in [1.807, 2.05) is 0 Å². The van der Waals surface area contributed by atoms with E-state index in [1.54, 1.807) is 0 Å². The molecule has 0 unspecified atom stereocenters. The third kappa shape index (κ3) is 2.66. The third-order valence-corrected chi connectivity index (χ3v) is 1.28. The van der Waals surface area contributed by atoms with Gasteiger partial charge >= 0.3 is 11.9 Å². The number of carboxylic acid groups (broad SMARTS) is 2. The fraction of sp³-hybridized carbons (Fsp3) is 0. The van der Waals surface area contributed by atoms with E-state index < -0.39 is 11.9 Å². The Morgan fingerprint density at radius 1 is 1.15 bits per heavy atom. The van der Waals surface area contributed by atoms with E-state index in [2.05, 4.69) is 4.98 Å². The quantitative estimate of drug-likeness (QED) is 0.766. The summed E-state index contributed by atoms with van der Waals surface area (Å²) in [7, 11) is 0. The van der Waals surface area contributed by atoms with Crippen LogP contribution in [0.3, 0.4) is 0 Å². The molecule has 1 heterocycles. The van der Waals surface area contributed by atoms with Crippen molar-refractivity contribution in [2.24, 2.45) is 0 Å². The smallest absolute Gasteiger partial charge is 0.338 e. The molecule has 1 aromatic heterocycles. The maximum absolute atomic E-state index is 10.4. The number of carbonyl (C=O) groups is 2. The van der Waals surface area contributed by atoms with Gasteiger partial charge in [-0.05, 0) is 6.07 Å². The normalized spacial score (nSPS) is 8.62. The minimum atomic E-state index is -1.29. The zero-order valence-electron chi connectivity index (χ0n) is 6.19. The summed E-state index contributed by atoms with van der Waals surface area (Å²) in [4.78, 5) is 24.4. The zero-order valence-corrected chi connectivity index (χ0v) is 7.67. The maximum atomic E-state index is 10.4. The van der Waals surface area contributed by atoms with Crippen molar-refractivity contribution < 1.29 is 42.2 Å².